The fourth-order valence-corrected chi connectivity index (χ4v) is 2.52. The van der Waals surface area contributed by atoms with Crippen LogP contribution in [-0.2, 0) is 9.47 Å². The zero-order chi connectivity index (χ0) is 12.5. The third kappa shape index (κ3) is 3.10. The number of rotatable bonds is 1. The van der Waals surface area contributed by atoms with Gasteiger partial charge in [-0.3, -0.25) is 0 Å². The molecule has 2 aliphatic heterocycles. The molecule has 0 bridgehead atoms. The molecule has 0 unspecified atom stereocenters. The smallest absolute Gasteiger partial charge is 0.412 e. The molecule has 1 spiro atoms. The van der Waals surface area contributed by atoms with E-state index in [1.807, 2.05) is 0 Å². The molecule has 2 heterocycles. The number of likely N-dealkylation sites (tertiary alicyclic amines) is 1. The number of piperidine rings is 1. The highest BCUT2D eigenvalue weighted by atomic mass is 16.7. The van der Waals surface area contributed by atoms with Crippen LogP contribution in [0.5, 0.6) is 0 Å². The maximum absolute atomic E-state index is 11.7. The van der Waals surface area contributed by atoms with Crippen molar-refractivity contribution in [3.63, 3.8) is 0 Å². The molecule has 0 saturated carbocycles. The molecule has 2 saturated heterocycles. The molecule has 98 valence electrons. The largest absolute Gasteiger partial charge is 0.418 e. The lowest BCUT2D eigenvalue weighted by Crippen LogP contribution is -2.48. The van der Waals surface area contributed by atoms with Gasteiger partial charge in [0, 0.05) is 33.5 Å². The topological polar surface area (TPSA) is 59.0 Å². The first-order valence-corrected chi connectivity index (χ1v) is 6.25. The Balaban J connectivity index is 1.84. The van der Waals surface area contributed by atoms with E-state index in [9.17, 15) is 9.90 Å². The minimum absolute atomic E-state index is 0.00547. The average Bonchev–Trinajstić information content (AvgIpc) is 2.65. The van der Waals surface area contributed by atoms with Gasteiger partial charge >= 0.3 is 6.09 Å². The minimum atomic E-state index is -1.41. The number of carbonyl (C=O) groups excluding carboxylic acids is 1. The van der Waals surface area contributed by atoms with Crippen LogP contribution in [0.25, 0.3) is 0 Å². The number of aliphatic hydroxyl groups is 1. The van der Waals surface area contributed by atoms with Crippen molar-refractivity contribution in [1.29, 1.82) is 0 Å². The number of hydrogen-bond donors (Lipinski definition) is 1. The molecule has 0 atom stereocenters. The van der Waals surface area contributed by atoms with E-state index in [0.717, 1.165) is 32.3 Å². The Morgan fingerprint density at radius 1 is 1.35 bits per heavy atom. The molecule has 0 radical (unpaired) electrons. The molecule has 2 fully saturated rings. The second kappa shape index (κ2) is 4.46. The summed E-state index contributed by atoms with van der Waals surface area (Å²) in [5.41, 5.74) is 0.00547. The Kier molecular flexibility index (Phi) is 3.32. The highest BCUT2D eigenvalue weighted by Crippen LogP contribution is 2.35. The summed E-state index contributed by atoms with van der Waals surface area (Å²) in [6.45, 7) is 5.05. The first-order valence-electron chi connectivity index (χ1n) is 6.25. The first kappa shape index (κ1) is 12.6. The van der Waals surface area contributed by atoms with E-state index in [2.05, 4.69) is 0 Å². The van der Waals surface area contributed by atoms with E-state index in [4.69, 9.17) is 9.47 Å². The second-order valence-corrected chi connectivity index (χ2v) is 5.44. The highest BCUT2D eigenvalue weighted by molar-refractivity contribution is 5.68. The monoisotopic (exact) mass is 243 g/mol. The van der Waals surface area contributed by atoms with Gasteiger partial charge in [0.25, 0.3) is 0 Å². The van der Waals surface area contributed by atoms with E-state index in [1.165, 1.54) is 13.8 Å². The second-order valence-electron chi connectivity index (χ2n) is 5.44. The van der Waals surface area contributed by atoms with Gasteiger partial charge in [0.05, 0.1) is 5.60 Å². The molecule has 0 aromatic heterocycles. The molecule has 5 heteroatoms. The van der Waals surface area contributed by atoms with Crippen molar-refractivity contribution < 1.29 is 19.4 Å². The van der Waals surface area contributed by atoms with Gasteiger partial charge in [0.1, 0.15) is 0 Å². The Morgan fingerprint density at radius 3 is 2.47 bits per heavy atom. The molecule has 2 rings (SSSR count). The van der Waals surface area contributed by atoms with Crippen molar-refractivity contribution in [3.05, 3.63) is 0 Å². The number of hydrogen-bond acceptors (Lipinski definition) is 4. The van der Waals surface area contributed by atoms with Crippen LogP contribution >= 0.6 is 0 Å². The lowest BCUT2D eigenvalue weighted by Gasteiger charge is -2.38. The fraction of sp³-hybridized carbons (Fsp3) is 0.917. The van der Waals surface area contributed by atoms with Gasteiger partial charge in [-0.25, -0.2) is 4.79 Å². The average molecular weight is 243 g/mol. The summed E-state index contributed by atoms with van der Waals surface area (Å²) in [6, 6.07) is 0. The van der Waals surface area contributed by atoms with Crippen molar-refractivity contribution in [1.82, 2.24) is 4.90 Å². The van der Waals surface area contributed by atoms with E-state index in [-0.39, 0.29) is 5.60 Å². The summed E-state index contributed by atoms with van der Waals surface area (Å²) in [7, 11) is 0. The predicted molar refractivity (Wildman–Crippen MR) is 61.5 cm³/mol. The van der Waals surface area contributed by atoms with E-state index in [1.54, 1.807) is 4.90 Å². The van der Waals surface area contributed by atoms with Crippen molar-refractivity contribution in [2.75, 3.05) is 19.7 Å². The third-order valence-corrected chi connectivity index (χ3v) is 3.45. The van der Waals surface area contributed by atoms with Crippen LogP contribution in [0.3, 0.4) is 0 Å². The standard InChI is InChI=1S/C12H21NO4/c1-11(2,15)17-10(14)13-7-5-12(6-8-13)4-3-9-16-12/h15H,3-9H2,1-2H3. The first-order chi connectivity index (χ1) is 7.90. The van der Waals surface area contributed by atoms with Crippen LogP contribution in [0.4, 0.5) is 4.79 Å². The number of ether oxygens (including phenoxy) is 2. The van der Waals surface area contributed by atoms with E-state index in [0.29, 0.717) is 13.1 Å². The molecule has 1 amide bonds. The van der Waals surface area contributed by atoms with Crippen LogP contribution in [0.2, 0.25) is 0 Å². The van der Waals surface area contributed by atoms with Crippen LogP contribution < -0.4 is 0 Å². The molecule has 5 nitrogen and oxygen atoms in total. The lowest BCUT2D eigenvalue weighted by molar-refractivity contribution is -0.143. The summed E-state index contributed by atoms with van der Waals surface area (Å²) in [4.78, 5) is 13.4. The van der Waals surface area contributed by atoms with Crippen LogP contribution in [0, 0.1) is 0 Å². The lowest BCUT2D eigenvalue weighted by atomic mass is 9.89. The maximum Gasteiger partial charge on any atom is 0.412 e. The van der Waals surface area contributed by atoms with Gasteiger partial charge in [-0.05, 0) is 25.7 Å². The van der Waals surface area contributed by atoms with Gasteiger partial charge in [-0.15, -0.1) is 0 Å². The molecule has 0 aromatic rings. The van der Waals surface area contributed by atoms with Gasteiger partial charge in [-0.2, -0.15) is 0 Å². The van der Waals surface area contributed by atoms with Gasteiger partial charge in [0.15, 0.2) is 0 Å². The van der Waals surface area contributed by atoms with Crippen molar-refractivity contribution in [2.24, 2.45) is 0 Å². The fourth-order valence-electron chi connectivity index (χ4n) is 2.52. The van der Waals surface area contributed by atoms with Crippen LogP contribution in [0.1, 0.15) is 39.5 Å². The maximum atomic E-state index is 11.7. The number of carbonyl (C=O) groups is 1. The zero-order valence-corrected chi connectivity index (χ0v) is 10.6. The molecule has 1 N–H and O–H groups in total. The van der Waals surface area contributed by atoms with Crippen LogP contribution in [-0.4, -0.2) is 47.2 Å². The minimum Gasteiger partial charge on any atom is -0.418 e. The number of amides is 1. The zero-order valence-electron chi connectivity index (χ0n) is 10.6. The molecule has 17 heavy (non-hydrogen) atoms. The Bertz CT molecular complexity index is 281. The quantitative estimate of drug-likeness (QED) is 0.709. The highest BCUT2D eigenvalue weighted by Gasteiger charge is 2.40. The molecule has 2 aliphatic rings. The summed E-state index contributed by atoms with van der Waals surface area (Å²) in [5, 5.41) is 9.43. The van der Waals surface area contributed by atoms with Gasteiger partial charge < -0.3 is 19.5 Å². The van der Waals surface area contributed by atoms with E-state index >= 15 is 0 Å². The van der Waals surface area contributed by atoms with Gasteiger partial charge in [-0.1, -0.05) is 0 Å². The summed E-state index contributed by atoms with van der Waals surface area (Å²) < 4.78 is 10.7. The normalized spacial score (nSPS) is 24.1. The van der Waals surface area contributed by atoms with Crippen molar-refractivity contribution >= 4 is 6.09 Å². The SMILES string of the molecule is CC(C)(O)OC(=O)N1CCC2(CCCO2)CC1. The summed E-state index contributed by atoms with van der Waals surface area (Å²) >= 11 is 0. The van der Waals surface area contributed by atoms with Crippen molar-refractivity contribution in [3.8, 4) is 0 Å². The Hall–Kier alpha value is -0.810. The van der Waals surface area contributed by atoms with Crippen molar-refractivity contribution in [2.45, 2.75) is 50.9 Å². The molecular weight excluding hydrogens is 222 g/mol. The summed E-state index contributed by atoms with van der Waals surface area (Å²) in [5.74, 6) is -1.41. The predicted octanol–water partition coefficient (Wildman–Crippen LogP) is 1.50. The van der Waals surface area contributed by atoms with Crippen LogP contribution in [0.15, 0.2) is 0 Å². The Labute approximate surface area is 102 Å². The number of nitrogens with zero attached hydrogens (tertiary/aromatic N) is 1. The van der Waals surface area contributed by atoms with Gasteiger partial charge in [0.2, 0.25) is 5.79 Å². The third-order valence-electron chi connectivity index (χ3n) is 3.45. The molecular formula is C12H21NO4. The summed E-state index contributed by atoms with van der Waals surface area (Å²) in [6.07, 6.45) is 3.52. The van der Waals surface area contributed by atoms with E-state index < -0.39 is 11.9 Å². The molecule has 0 aliphatic carbocycles. The molecule has 0 aromatic carbocycles. The Morgan fingerprint density at radius 2 is 2.00 bits per heavy atom.